The van der Waals surface area contributed by atoms with Crippen molar-refractivity contribution >= 4 is 23.2 Å². The van der Waals surface area contributed by atoms with Gasteiger partial charge in [-0.05, 0) is 92.1 Å². The molecule has 1 heterocycles. The molecule has 192 valence electrons. The number of carbonyl (C=O) groups is 1. The van der Waals surface area contributed by atoms with E-state index in [0.29, 0.717) is 28.2 Å². The van der Waals surface area contributed by atoms with Crippen molar-refractivity contribution in [3.05, 3.63) is 61.5 Å². The summed E-state index contributed by atoms with van der Waals surface area (Å²) in [5.74, 6) is -0.207. The van der Waals surface area contributed by atoms with Gasteiger partial charge in [-0.25, -0.2) is 0 Å². The molecule has 1 aliphatic carbocycles. The van der Waals surface area contributed by atoms with Gasteiger partial charge in [-0.15, -0.1) is 0 Å². The van der Waals surface area contributed by atoms with Gasteiger partial charge in [-0.2, -0.15) is 0 Å². The van der Waals surface area contributed by atoms with Crippen LogP contribution in [0.4, 0.5) is 5.69 Å². The van der Waals surface area contributed by atoms with E-state index in [1.165, 1.54) is 12.8 Å². The predicted octanol–water partition coefficient (Wildman–Crippen LogP) is 5.08. The lowest BCUT2D eigenvalue weighted by Crippen LogP contribution is -2.42. The van der Waals surface area contributed by atoms with E-state index in [-0.39, 0.29) is 17.9 Å². The van der Waals surface area contributed by atoms with E-state index >= 15 is 0 Å². The maximum absolute atomic E-state index is 13.3. The summed E-state index contributed by atoms with van der Waals surface area (Å²) in [5.41, 5.74) is 4.92. The SMILES string of the molecule is CCN(c1cc(Cl)cc(C(=O)NCc2c(C)n(CC)c(C)cc2=O)c1C)C1CCC(N(C)C)CC1. The molecule has 0 atom stereocenters. The van der Waals surface area contributed by atoms with Crippen molar-refractivity contribution in [2.75, 3.05) is 25.5 Å². The molecular weight excluding hydrogens is 460 g/mol. The summed E-state index contributed by atoms with van der Waals surface area (Å²) in [5, 5.41) is 3.53. The van der Waals surface area contributed by atoms with Gasteiger partial charge in [0.25, 0.3) is 5.91 Å². The van der Waals surface area contributed by atoms with Gasteiger partial charge in [-0.1, -0.05) is 11.6 Å². The molecule has 0 bridgehead atoms. The third-order valence-electron chi connectivity index (χ3n) is 7.72. The fourth-order valence-electron chi connectivity index (χ4n) is 5.64. The molecule has 1 aromatic heterocycles. The number of anilines is 1. The van der Waals surface area contributed by atoms with Crippen LogP contribution in [0.25, 0.3) is 0 Å². The number of nitrogens with zero attached hydrogens (tertiary/aromatic N) is 3. The first-order valence-electron chi connectivity index (χ1n) is 12.8. The lowest BCUT2D eigenvalue weighted by Gasteiger charge is -2.40. The van der Waals surface area contributed by atoms with E-state index in [4.69, 9.17) is 11.6 Å². The molecule has 0 unspecified atom stereocenters. The maximum Gasteiger partial charge on any atom is 0.251 e. The van der Waals surface area contributed by atoms with E-state index in [1.807, 2.05) is 26.8 Å². The summed E-state index contributed by atoms with van der Waals surface area (Å²) in [6.07, 6.45) is 4.60. The molecule has 3 rings (SSSR count). The fourth-order valence-corrected chi connectivity index (χ4v) is 5.85. The van der Waals surface area contributed by atoms with Crippen LogP contribution >= 0.6 is 11.6 Å². The fraction of sp³-hybridized carbons (Fsp3) is 0.571. The van der Waals surface area contributed by atoms with Crippen LogP contribution in [0.1, 0.15) is 72.4 Å². The standard InChI is InChI=1S/C28H41ClN4O2/c1-8-32-18(3)14-27(34)25(20(32)5)17-30-28(35)24-15-21(29)16-26(19(24)4)33(9-2)23-12-10-22(11-13-23)31(6)7/h14-16,22-23H,8-13,17H2,1-7H3,(H,30,35). The number of amides is 1. The van der Waals surface area contributed by atoms with E-state index in [2.05, 4.69) is 47.6 Å². The zero-order chi connectivity index (χ0) is 25.9. The molecule has 2 aromatic rings. The number of aryl methyl sites for hydroxylation is 1. The number of nitrogens with one attached hydrogen (secondary N) is 1. The Balaban J connectivity index is 1.83. The second-order valence-electron chi connectivity index (χ2n) is 9.95. The highest BCUT2D eigenvalue weighted by Gasteiger charge is 2.28. The number of carbonyl (C=O) groups excluding carboxylic acids is 1. The second kappa shape index (κ2) is 11.6. The summed E-state index contributed by atoms with van der Waals surface area (Å²) in [7, 11) is 4.31. The van der Waals surface area contributed by atoms with Crippen molar-refractivity contribution in [1.29, 1.82) is 0 Å². The highest BCUT2D eigenvalue weighted by Crippen LogP contribution is 2.34. The first-order chi connectivity index (χ1) is 16.6. The van der Waals surface area contributed by atoms with Gasteiger partial charge in [0.15, 0.2) is 5.43 Å². The van der Waals surface area contributed by atoms with Crippen LogP contribution in [0.3, 0.4) is 0 Å². The van der Waals surface area contributed by atoms with Crippen molar-refractivity contribution < 1.29 is 4.79 Å². The predicted molar refractivity (Wildman–Crippen MR) is 146 cm³/mol. The molecule has 35 heavy (non-hydrogen) atoms. The summed E-state index contributed by atoms with van der Waals surface area (Å²) < 4.78 is 2.09. The van der Waals surface area contributed by atoms with Crippen LogP contribution in [-0.2, 0) is 13.1 Å². The Bertz CT molecular complexity index is 1120. The molecule has 0 spiro atoms. The molecule has 6 nitrogen and oxygen atoms in total. The minimum atomic E-state index is -0.207. The summed E-state index contributed by atoms with van der Waals surface area (Å²) in [6.45, 7) is 11.9. The molecular formula is C28H41ClN4O2. The minimum Gasteiger partial charge on any atom is -0.369 e. The Hall–Kier alpha value is -2.31. The quantitative estimate of drug-likeness (QED) is 0.549. The first kappa shape index (κ1) is 27.3. The molecule has 0 radical (unpaired) electrons. The van der Waals surface area contributed by atoms with Crippen molar-refractivity contribution in [1.82, 2.24) is 14.8 Å². The van der Waals surface area contributed by atoms with E-state index in [1.54, 1.807) is 12.1 Å². The normalized spacial score (nSPS) is 18.1. The lowest BCUT2D eigenvalue weighted by atomic mass is 9.89. The first-order valence-corrected chi connectivity index (χ1v) is 13.2. The van der Waals surface area contributed by atoms with Crippen LogP contribution in [0.5, 0.6) is 0 Å². The summed E-state index contributed by atoms with van der Waals surface area (Å²) in [6, 6.07) is 6.43. The lowest BCUT2D eigenvalue weighted by molar-refractivity contribution is 0.0950. The van der Waals surface area contributed by atoms with Gasteiger partial charge >= 0.3 is 0 Å². The van der Waals surface area contributed by atoms with Gasteiger partial charge in [0.05, 0.1) is 0 Å². The zero-order valence-corrected chi connectivity index (χ0v) is 23.1. The average molecular weight is 501 g/mol. The molecule has 1 N–H and O–H groups in total. The van der Waals surface area contributed by atoms with Gasteiger partial charge in [0, 0.05) is 71.0 Å². The van der Waals surface area contributed by atoms with Crippen LogP contribution in [0.15, 0.2) is 23.0 Å². The van der Waals surface area contributed by atoms with E-state index < -0.39 is 0 Å². The van der Waals surface area contributed by atoms with Crippen LogP contribution < -0.4 is 15.6 Å². The van der Waals surface area contributed by atoms with E-state index in [0.717, 1.165) is 48.6 Å². The molecule has 7 heteroatoms. The number of aromatic nitrogens is 1. The topological polar surface area (TPSA) is 57.6 Å². The van der Waals surface area contributed by atoms with Crippen LogP contribution in [0, 0.1) is 20.8 Å². The number of hydrogen-bond donors (Lipinski definition) is 1. The second-order valence-corrected chi connectivity index (χ2v) is 10.4. The molecule has 1 fully saturated rings. The van der Waals surface area contributed by atoms with Crippen molar-refractivity contribution in [2.45, 2.75) is 85.5 Å². The van der Waals surface area contributed by atoms with Gasteiger partial charge in [-0.3, -0.25) is 9.59 Å². The highest BCUT2D eigenvalue weighted by atomic mass is 35.5. The maximum atomic E-state index is 13.3. The van der Waals surface area contributed by atoms with Crippen LogP contribution in [0.2, 0.25) is 5.02 Å². The molecule has 1 aliphatic rings. The van der Waals surface area contributed by atoms with Crippen molar-refractivity contribution in [2.24, 2.45) is 0 Å². The van der Waals surface area contributed by atoms with E-state index in [9.17, 15) is 9.59 Å². The Labute approximate surface area is 215 Å². The summed E-state index contributed by atoms with van der Waals surface area (Å²) in [4.78, 5) is 30.7. The summed E-state index contributed by atoms with van der Waals surface area (Å²) >= 11 is 6.53. The monoisotopic (exact) mass is 500 g/mol. The molecule has 0 aliphatic heterocycles. The van der Waals surface area contributed by atoms with Crippen LogP contribution in [-0.4, -0.2) is 48.1 Å². The Morgan fingerprint density at radius 3 is 2.26 bits per heavy atom. The number of rotatable bonds is 8. The number of halogens is 1. The Kier molecular flexibility index (Phi) is 9.05. The molecule has 1 saturated carbocycles. The third kappa shape index (κ3) is 5.92. The number of hydrogen-bond acceptors (Lipinski definition) is 4. The zero-order valence-electron chi connectivity index (χ0n) is 22.4. The number of pyridine rings is 1. The van der Waals surface area contributed by atoms with Gasteiger partial charge < -0.3 is 19.7 Å². The molecule has 1 amide bonds. The Morgan fingerprint density at radius 1 is 1.06 bits per heavy atom. The minimum absolute atomic E-state index is 0.0426. The van der Waals surface area contributed by atoms with Crippen molar-refractivity contribution in [3.8, 4) is 0 Å². The van der Waals surface area contributed by atoms with Crippen molar-refractivity contribution in [3.63, 3.8) is 0 Å². The Morgan fingerprint density at radius 2 is 1.69 bits per heavy atom. The molecule has 0 saturated heterocycles. The molecule has 1 aromatic carbocycles. The largest absolute Gasteiger partial charge is 0.369 e. The van der Waals surface area contributed by atoms with Gasteiger partial charge in [0.2, 0.25) is 0 Å². The average Bonchev–Trinajstić information content (AvgIpc) is 2.81. The number of benzene rings is 1. The van der Waals surface area contributed by atoms with Gasteiger partial charge in [0.1, 0.15) is 0 Å². The smallest absolute Gasteiger partial charge is 0.251 e. The highest BCUT2D eigenvalue weighted by molar-refractivity contribution is 6.31. The third-order valence-corrected chi connectivity index (χ3v) is 7.94.